The first-order valence-electron chi connectivity index (χ1n) is 7.54. The number of anilines is 1. The Morgan fingerprint density at radius 3 is 2.79 bits per heavy atom. The molecule has 0 spiro atoms. The summed E-state index contributed by atoms with van der Waals surface area (Å²) in [6.45, 7) is 0.00167. The van der Waals surface area contributed by atoms with E-state index in [-0.39, 0.29) is 28.7 Å². The molecular formula is C15H14FN3O4S. The molecule has 2 aliphatic rings. The molecule has 1 N–H and O–H groups in total. The number of aromatic nitrogens is 1. The predicted molar refractivity (Wildman–Crippen MR) is 86.0 cm³/mol. The highest BCUT2D eigenvalue weighted by Crippen LogP contribution is 2.39. The van der Waals surface area contributed by atoms with Crippen molar-refractivity contribution >= 4 is 39.2 Å². The van der Waals surface area contributed by atoms with Gasteiger partial charge in [0.25, 0.3) is 5.91 Å². The van der Waals surface area contributed by atoms with Crippen molar-refractivity contribution < 1.29 is 18.7 Å². The average molecular weight is 351 g/mol. The van der Waals surface area contributed by atoms with Crippen molar-refractivity contribution in [3.63, 3.8) is 0 Å². The predicted octanol–water partition coefficient (Wildman–Crippen LogP) is 1.61. The first kappa shape index (κ1) is 15.1. The van der Waals surface area contributed by atoms with Crippen molar-refractivity contribution in [3.8, 4) is 0 Å². The molecule has 2 heterocycles. The normalized spacial score (nSPS) is 20.5. The molecule has 4 rings (SSSR count). The molecule has 1 aliphatic heterocycles. The maximum Gasteiger partial charge on any atom is 0.415 e. The Kier molecular flexibility index (Phi) is 3.34. The van der Waals surface area contributed by atoms with Crippen LogP contribution < -0.4 is 15.1 Å². The molecule has 2 fully saturated rings. The van der Waals surface area contributed by atoms with Crippen molar-refractivity contribution in [2.45, 2.75) is 25.0 Å². The van der Waals surface area contributed by atoms with Crippen LogP contribution in [0.3, 0.4) is 0 Å². The summed E-state index contributed by atoms with van der Waals surface area (Å²) in [6, 6.07) is 2.87. The number of hydrogen-bond acceptors (Lipinski definition) is 5. The minimum atomic E-state index is -0.934. The van der Waals surface area contributed by atoms with Gasteiger partial charge >= 0.3 is 11.0 Å². The van der Waals surface area contributed by atoms with E-state index in [0.717, 1.165) is 24.2 Å². The highest BCUT2D eigenvalue weighted by molar-refractivity contribution is 7.16. The Labute approximate surface area is 139 Å². The third-order valence-corrected chi connectivity index (χ3v) is 5.12. The lowest BCUT2D eigenvalue weighted by Gasteiger charge is -2.13. The van der Waals surface area contributed by atoms with Gasteiger partial charge in [-0.15, -0.1) is 0 Å². The maximum atomic E-state index is 14.6. The van der Waals surface area contributed by atoms with E-state index in [1.165, 1.54) is 22.6 Å². The molecule has 24 heavy (non-hydrogen) atoms. The van der Waals surface area contributed by atoms with Gasteiger partial charge in [0.15, 0.2) is 11.9 Å². The summed E-state index contributed by atoms with van der Waals surface area (Å²) in [5.74, 6) is -0.971. The zero-order valence-corrected chi connectivity index (χ0v) is 13.6. The number of amides is 2. The Balaban J connectivity index is 1.75. The van der Waals surface area contributed by atoms with Crippen LogP contribution in [0.15, 0.2) is 16.9 Å². The van der Waals surface area contributed by atoms with Gasteiger partial charge in [-0.1, -0.05) is 11.3 Å². The van der Waals surface area contributed by atoms with Crippen LogP contribution in [0.2, 0.25) is 0 Å². The number of rotatable bonds is 3. The lowest BCUT2D eigenvalue weighted by atomic mass is 10.2. The van der Waals surface area contributed by atoms with Gasteiger partial charge in [-0.05, 0) is 18.9 Å². The third kappa shape index (κ3) is 2.27. The van der Waals surface area contributed by atoms with Crippen molar-refractivity contribution in [1.29, 1.82) is 0 Å². The zero-order chi connectivity index (χ0) is 17.0. The number of thiazole rings is 1. The number of likely N-dealkylation sites (N-methyl/N-ethyl adjacent to an activating group) is 1. The molecule has 0 bridgehead atoms. The summed E-state index contributed by atoms with van der Waals surface area (Å²) in [5.41, 5.74) is 0.562. The second kappa shape index (κ2) is 5.30. The molecule has 1 aromatic carbocycles. The van der Waals surface area contributed by atoms with Crippen LogP contribution in [-0.4, -0.2) is 36.3 Å². The Bertz CT molecular complexity index is 917. The minimum Gasteiger partial charge on any atom is -0.434 e. The molecule has 0 unspecified atom stereocenters. The lowest BCUT2D eigenvalue weighted by molar-refractivity contribution is -0.127. The number of fused-ring (bicyclic) bond motifs is 1. The van der Waals surface area contributed by atoms with Crippen LogP contribution >= 0.6 is 11.3 Å². The molecule has 2 aromatic rings. The van der Waals surface area contributed by atoms with Crippen molar-refractivity contribution in [2.75, 3.05) is 18.5 Å². The molecule has 126 valence electrons. The summed E-state index contributed by atoms with van der Waals surface area (Å²) >= 11 is 0.956. The molecule has 1 atom stereocenters. The van der Waals surface area contributed by atoms with Gasteiger partial charge in [-0.3, -0.25) is 19.1 Å². The molecule has 9 heteroatoms. The standard InChI is InChI=1S/C15H14FN3O4S/c1-17-13(20)10-6-18(14(21)23-10)8-4-9(16)12-11(5-8)24-15(22)19(12)7-2-3-7/h4-5,7,10H,2-3,6H2,1H3,(H,17,20)/t10-/m1/s1. The second-order valence-electron chi connectivity index (χ2n) is 5.84. The van der Waals surface area contributed by atoms with Gasteiger partial charge in [-0.25, -0.2) is 9.18 Å². The quantitative estimate of drug-likeness (QED) is 0.911. The van der Waals surface area contributed by atoms with Crippen LogP contribution in [0.5, 0.6) is 0 Å². The average Bonchev–Trinajstić information content (AvgIpc) is 3.22. The van der Waals surface area contributed by atoms with E-state index in [0.29, 0.717) is 4.70 Å². The number of nitrogens with one attached hydrogen (secondary N) is 1. The van der Waals surface area contributed by atoms with Crippen LogP contribution in [0.25, 0.3) is 10.2 Å². The molecule has 1 saturated carbocycles. The second-order valence-corrected chi connectivity index (χ2v) is 6.83. The summed E-state index contributed by atoms with van der Waals surface area (Å²) in [4.78, 5) is 36.7. The third-order valence-electron chi connectivity index (χ3n) is 4.22. The molecule has 1 saturated heterocycles. The Morgan fingerprint density at radius 2 is 2.12 bits per heavy atom. The van der Waals surface area contributed by atoms with E-state index in [1.54, 1.807) is 6.07 Å². The summed E-state index contributed by atoms with van der Waals surface area (Å²) in [7, 11) is 1.45. The van der Waals surface area contributed by atoms with Crippen LogP contribution in [-0.2, 0) is 9.53 Å². The van der Waals surface area contributed by atoms with Gasteiger partial charge in [0.05, 0.1) is 22.4 Å². The van der Waals surface area contributed by atoms with Gasteiger partial charge < -0.3 is 10.1 Å². The molecule has 1 aliphatic carbocycles. The largest absolute Gasteiger partial charge is 0.434 e. The van der Waals surface area contributed by atoms with Crippen molar-refractivity contribution in [1.82, 2.24) is 9.88 Å². The first-order chi connectivity index (χ1) is 11.5. The molecular weight excluding hydrogens is 337 g/mol. The van der Waals surface area contributed by atoms with Gasteiger partial charge in [0, 0.05) is 19.2 Å². The highest BCUT2D eigenvalue weighted by Gasteiger charge is 2.37. The number of carbonyl (C=O) groups is 2. The Hall–Kier alpha value is -2.42. The fourth-order valence-electron chi connectivity index (χ4n) is 2.90. The molecule has 1 aromatic heterocycles. The number of nitrogens with zero attached hydrogens (tertiary/aromatic N) is 2. The molecule has 0 radical (unpaired) electrons. The smallest absolute Gasteiger partial charge is 0.415 e. The number of hydrogen-bond donors (Lipinski definition) is 1. The topological polar surface area (TPSA) is 80.6 Å². The number of cyclic esters (lactones) is 1. The molecule has 2 amide bonds. The van der Waals surface area contributed by atoms with Gasteiger partial charge in [-0.2, -0.15) is 0 Å². The van der Waals surface area contributed by atoms with E-state index < -0.39 is 23.9 Å². The maximum absolute atomic E-state index is 14.6. The van der Waals surface area contributed by atoms with Gasteiger partial charge in [0.1, 0.15) is 0 Å². The van der Waals surface area contributed by atoms with Crippen LogP contribution in [0, 0.1) is 5.82 Å². The number of ether oxygens (including phenoxy) is 1. The van der Waals surface area contributed by atoms with E-state index in [9.17, 15) is 18.8 Å². The minimum absolute atomic E-state index is 0.00167. The number of halogens is 1. The van der Waals surface area contributed by atoms with Crippen LogP contribution in [0.1, 0.15) is 18.9 Å². The fourth-order valence-corrected chi connectivity index (χ4v) is 3.90. The van der Waals surface area contributed by atoms with Crippen molar-refractivity contribution in [2.24, 2.45) is 0 Å². The van der Waals surface area contributed by atoms with Crippen molar-refractivity contribution in [3.05, 3.63) is 27.6 Å². The lowest BCUT2D eigenvalue weighted by Crippen LogP contribution is -2.35. The summed E-state index contributed by atoms with van der Waals surface area (Å²) < 4.78 is 21.6. The van der Waals surface area contributed by atoms with E-state index in [4.69, 9.17) is 4.74 Å². The van der Waals surface area contributed by atoms with Crippen LogP contribution in [0.4, 0.5) is 14.9 Å². The SMILES string of the molecule is CNC(=O)[C@H]1CN(c2cc(F)c3c(c2)sc(=O)n3C2CC2)C(=O)O1. The van der Waals surface area contributed by atoms with Gasteiger partial charge in [0.2, 0.25) is 0 Å². The number of benzene rings is 1. The highest BCUT2D eigenvalue weighted by atomic mass is 32.1. The summed E-state index contributed by atoms with van der Waals surface area (Å²) in [6.07, 6.45) is 0.102. The monoisotopic (exact) mass is 351 g/mol. The zero-order valence-electron chi connectivity index (χ0n) is 12.7. The first-order valence-corrected chi connectivity index (χ1v) is 8.35. The number of carbonyl (C=O) groups excluding carboxylic acids is 2. The van der Waals surface area contributed by atoms with E-state index in [2.05, 4.69) is 5.32 Å². The molecule has 7 nitrogen and oxygen atoms in total. The summed E-state index contributed by atoms with van der Waals surface area (Å²) in [5, 5.41) is 2.41. The van der Waals surface area contributed by atoms with E-state index in [1.807, 2.05) is 0 Å². The Morgan fingerprint density at radius 1 is 1.38 bits per heavy atom. The fraction of sp³-hybridized carbons (Fsp3) is 0.400. The van der Waals surface area contributed by atoms with E-state index >= 15 is 0 Å².